The molecule has 0 N–H and O–H groups in total. The van der Waals surface area contributed by atoms with E-state index in [-0.39, 0.29) is 0 Å². The van der Waals surface area contributed by atoms with Gasteiger partial charge in [-0.05, 0) is 90.0 Å². The maximum absolute atomic E-state index is 9.79. The molecule has 2 heterocycles. The van der Waals surface area contributed by atoms with E-state index in [1.54, 1.807) is 0 Å². The molecule has 0 amide bonds. The number of benzene rings is 7. The average Bonchev–Trinajstić information content (AvgIpc) is 3.69. The molecule has 0 aliphatic carbocycles. The highest BCUT2D eigenvalue weighted by atomic mass is 15.0. The van der Waals surface area contributed by atoms with Crippen LogP contribution >= 0.6 is 0 Å². The monoisotopic (exact) mass is 639 g/mol. The van der Waals surface area contributed by atoms with Crippen LogP contribution in [-0.2, 0) is 0 Å². The van der Waals surface area contributed by atoms with Gasteiger partial charge in [-0.15, -0.1) is 0 Å². The largest absolute Gasteiger partial charge is 0.309 e. The third-order valence-electron chi connectivity index (χ3n) is 10.0. The van der Waals surface area contributed by atoms with Gasteiger partial charge in [-0.25, -0.2) is 0 Å². The number of aromatic nitrogens is 2. The molecule has 0 radical (unpaired) electrons. The van der Waals surface area contributed by atoms with Gasteiger partial charge in [0.1, 0.15) is 0 Å². The van der Waals surface area contributed by atoms with Gasteiger partial charge in [-0.2, -0.15) is 5.26 Å². The smallest absolute Gasteiger partial charge is 0.0998 e. The number of para-hydroxylation sites is 2. The molecule has 0 bridgehead atoms. The lowest BCUT2D eigenvalue weighted by Gasteiger charge is -2.13. The fourth-order valence-corrected chi connectivity index (χ4v) is 7.88. The van der Waals surface area contributed by atoms with Gasteiger partial charge in [0.05, 0.1) is 33.7 Å². The molecule has 9 aromatic rings. The number of nitrogens with zero attached hydrogens (tertiary/aromatic N) is 3. The summed E-state index contributed by atoms with van der Waals surface area (Å²) in [4.78, 5) is 0. The minimum absolute atomic E-state index is 0.703. The second-order valence-corrected chi connectivity index (χ2v) is 12.8. The van der Waals surface area contributed by atoms with Gasteiger partial charge in [0.2, 0.25) is 0 Å². The zero-order chi connectivity index (χ0) is 33.8. The van der Waals surface area contributed by atoms with Crippen molar-refractivity contribution in [1.29, 1.82) is 5.26 Å². The summed E-state index contributed by atoms with van der Waals surface area (Å²) in [5.41, 5.74) is 12.3. The first kappa shape index (κ1) is 29.5. The molecule has 0 unspecified atom stereocenters. The highest BCUT2D eigenvalue weighted by molar-refractivity contribution is 6.27. The number of nitriles is 1. The molecule has 0 spiro atoms. The first-order valence-corrected chi connectivity index (χ1v) is 17.1. The summed E-state index contributed by atoms with van der Waals surface area (Å²) in [6.45, 7) is 4.17. The Bertz CT molecular complexity index is 2870. The molecule has 0 aliphatic heterocycles. The molecule has 3 heteroatoms. The van der Waals surface area contributed by atoms with Crippen LogP contribution in [0.1, 0.15) is 23.6 Å². The molecule has 236 valence electrons. The van der Waals surface area contributed by atoms with Gasteiger partial charge in [-0.3, -0.25) is 0 Å². The molecule has 7 aromatic carbocycles. The molecule has 0 aliphatic rings. The quantitative estimate of drug-likeness (QED) is 0.173. The topological polar surface area (TPSA) is 33.6 Å². The maximum Gasteiger partial charge on any atom is 0.0998 e. The van der Waals surface area contributed by atoms with Crippen molar-refractivity contribution in [1.82, 2.24) is 9.13 Å². The van der Waals surface area contributed by atoms with Crippen LogP contribution in [0.15, 0.2) is 158 Å². The third-order valence-corrected chi connectivity index (χ3v) is 10.0. The summed E-state index contributed by atoms with van der Waals surface area (Å²) in [6.07, 6.45) is 8.47. The van der Waals surface area contributed by atoms with Gasteiger partial charge in [0.15, 0.2) is 0 Å². The maximum atomic E-state index is 9.79. The van der Waals surface area contributed by atoms with Crippen molar-refractivity contribution in [2.75, 3.05) is 0 Å². The molecular formula is C47H33N3. The van der Waals surface area contributed by atoms with Crippen LogP contribution in [0.25, 0.3) is 83.0 Å². The van der Waals surface area contributed by atoms with Crippen molar-refractivity contribution in [3.05, 3.63) is 174 Å². The fraction of sp³-hybridized carbons (Fsp3) is 0.0426. The van der Waals surface area contributed by atoms with Crippen LogP contribution in [-0.4, -0.2) is 9.13 Å². The van der Waals surface area contributed by atoms with Crippen molar-refractivity contribution < 1.29 is 0 Å². The van der Waals surface area contributed by atoms with Crippen LogP contribution in [0, 0.1) is 18.3 Å². The normalized spacial score (nSPS) is 12.0. The van der Waals surface area contributed by atoms with Gasteiger partial charge >= 0.3 is 0 Å². The van der Waals surface area contributed by atoms with Crippen molar-refractivity contribution in [2.45, 2.75) is 13.8 Å². The molecule has 2 aromatic heterocycles. The first-order valence-electron chi connectivity index (χ1n) is 17.1. The number of fused-ring (bicyclic) bond motifs is 8. The summed E-state index contributed by atoms with van der Waals surface area (Å²) in [5, 5.41) is 16.9. The molecular weight excluding hydrogens is 607 g/mol. The summed E-state index contributed by atoms with van der Waals surface area (Å²) >= 11 is 0. The molecule has 3 nitrogen and oxygen atoms in total. The summed E-state index contributed by atoms with van der Waals surface area (Å²) < 4.78 is 4.84. The van der Waals surface area contributed by atoms with E-state index in [1.807, 2.05) is 25.1 Å². The zero-order valence-electron chi connectivity index (χ0n) is 27.9. The lowest BCUT2D eigenvalue weighted by atomic mass is 9.93. The Morgan fingerprint density at radius 3 is 2.08 bits per heavy atom. The Balaban J connectivity index is 1.32. The number of rotatable bonds is 5. The minimum Gasteiger partial charge on any atom is -0.309 e. The van der Waals surface area contributed by atoms with E-state index in [4.69, 9.17) is 0 Å². The molecule has 0 saturated carbocycles. The molecule has 9 rings (SSSR count). The summed E-state index contributed by atoms with van der Waals surface area (Å²) in [7, 11) is 0. The lowest BCUT2D eigenvalue weighted by molar-refractivity contribution is 1.17. The SMILES string of the molecule is C/C=C\C=C/c1cccc2c1c1ccc3c(c4ccccc4n3-c3ccc(-c4cccc5c(C#N)ccc(C)c45)cc3)c1n2-c1ccccc1. The molecule has 50 heavy (non-hydrogen) atoms. The van der Waals surface area contributed by atoms with E-state index in [2.05, 4.69) is 168 Å². The summed E-state index contributed by atoms with van der Waals surface area (Å²) in [6, 6.07) is 52.2. The Morgan fingerprint density at radius 2 is 1.26 bits per heavy atom. The molecule has 0 atom stereocenters. The Hall–Kier alpha value is -6.63. The first-order chi connectivity index (χ1) is 24.7. The number of hydrogen-bond donors (Lipinski definition) is 0. The predicted octanol–water partition coefficient (Wildman–Crippen LogP) is 12.5. The van der Waals surface area contributed by atoms with Gasteiger partial charge in [0, 0.05) is 38.3 Å². The minimum atomic E-state index is 0.703. The van der Waals surface area contributed by atoms with Gasteiger partial charge in [-0.1, -0.05) is 115 Å². The Kier molecular flexibility index (Phi) is 6.97. The number of hydrogen-bond acceptors (Lipinski definition) is 1. The van der Waals surface area contributed by atoms with Crippen LogP contribution < -0.4 is 0 Å². The van der Waals surface area contributed by atoms with E-state index in [1.165, 1.54) is 49.2 Å². The van der Waals surface area contributed by atoms with Crippen molar-refractivity contribution in [2.24, 2.45) is 0 Å². The van der Waals surface area contributed by atoms with E-state index < -0.39 is 0 Å². The molecule has 0 saturated heterocycles. The number of aryl methyl sites for hydroxylation is 1. The Labute approximate surface area is 290 Å². The predicted molar refractivity (Wildman–Crippen MR) is 211 cm³/mol. The van der Waals surface area contributed by atoms with Crippen molar-refractivity contribution in [3.63, 3.8) is 0 Å². The highest BCUT2D eigenvalue weighted by Crippen LogP contribution is 2.43. The van der Waals surface area contributed by atoms with E-state index >= 15 is 0 Å². The van der Waals surface area contributed by atoms with E-state index in [0.717, 1.165) is 38.8 Å². The van der Waals surface area contributed by atoms with Crippen LogP contribution in [0.3, 0.4) is 0 Å². The molecule has 0 fully saturated rings. The number of allylic oxidation sites excluding steroid dienone is 3. The second-order valence-electron chi connectivity index (χ2n) is 12.8. The third kappa shape index (κ3) is 4.43. The average molecular weight is 640 g/mol. The fourth-order valence-electron chi connectivity index (χ4n) is 7.88. The van der Waals surface area contributed by atoms with Gasteiger partial charge < -0.3 is 9.13 Å². The lowest BCUT2D eigenvalue weighted by Crippen LogP contribution is -1.95. The second kappa shape index (κ2) is 11.8. The van der Waals surface area contributed by atoms with Crippen LogP contribution in [0.2, 0.25) is 0 Å². The highest BCUT2D eigenvalue weighted by Gasteiger charge is 2.22. The van der Waals surface area contributed by atoms with E-state index in [0.29, 0.717) is 5.56 Å². The summed E-state index contributed by atoms with van der Waals surface area (Å²) in [5.74, 6) is 0. The Morgan fingerprint density at radius 1 is 0.540 bits per heavy atom. The zero-order valence-corrected chi connectivity index (χ0v) is 27.9. The van der Waals surface area contributed by atoms with Crippen molar-refractivity contribution in [3.8, 4) is 28.6 Å². The standard InChI is InChI=1S/C47H33N3/c1-3-4-6-13-33-14-11-21-42-45(33)40-28-29-43-46(47(40)50(42)35-15-7-5-8-16-35)39-17-9-10-20-41(39)49(43)36-26-24-32(25-27-36)37-18-12-19-38-34(30-48)23-22-31(2)44(37)38/h3-29H,1-2H3/b4-3-,13-6-. The van der Waals surface area contributed by atoms with E-state index in [9.17, 15) is 5.26 Å². The van der Waals surface area contributed by atoms with Gasteiger partial charge in [0.25, 0.3) is 0 Å². The van der Waals surface area contributed by atoms with Crippen LogP contribution in [0.5, 0.6) is 0 Å². The van der Waals surface area contributed by atoms with Crippen molar-refractivity contribution >= 4 is 60.5 Å². The van der Waals surface area contributed by atoms with Crippen LogP contribution in [0.4, 0.5) is 0 Å².